The molecule has 1 N–H and O–H groups in total. The zero-order valence-corrected chi connectivity index (χ0v) is 35.3. The molecule has 4 nitrogen and oxygen atoms in total. The van der Waals surface area contributed by atoms with E-state index in [1.807, 2.05) is 6.07 Å². The fourth-order valence-corrected chi connectivity index (χ4v) is 10.3. The van der Waals surface area contributed by atoms with Crippen LogP contribution in [-0.4, -0.2) is 4.98 Å². The van der Waals surface area contributed by atoms with Gasteiger partial charge >= 0.3 is 0 Å². The lowest BCUT2D eigenvalue weighted by atomic mass is 9.84. The van der Waals surface area contributed by atoms with Crippen LogP contribution < -0.4 is 9.80 Å². The van der Waals surface area contributed by atoms with Crippen molar-refractivity contribution in [3.05, 3.63) is 193 Å². The van der Waals surface area contributed by atoms with Crippen molar-refractivity contribution in [2.75, 3.05) is 9.80 Å². The molecule has 0 atom stereocenters. The Bertz CT molecular complexity index is 3410. The summed E-state index contributed by atoms with van der Waals surface area (Å²) in [5.74, 6) is 0.540. The number of benzene rings is 10. The van der Waals surface area contributed by atoms with E-state index in [9.17, 15) is 0 Å². The fourth-order valence-electron chi connectivity index (χ4n) is 10.3. The average molecular weight is 800 g/mol. The summed E-state index contributed by atoms with van der Waals surface area (Å²) in [6.07, 6.45) is 0. The van der Waals surface area contributed by atoms with Crippen LogP contribution in [0.2, 0.25) is 0 Å². The molecule has 0 aliphatic rings. The highest BCUT2D eigenvalue weighted by Crippen LogP contribution is 2.52. The molecule has 0 amide bonds. The third kappa shape index (κ3) is 5.39. The van der Waals surface area contributed by atoms with Crippen molar-refractivity contribution in [1.82, 2.24) is 4.98 Å². The van der Waals surface area contributed by atoms with Crippen molar-refractivity contribution in [3.8, 4) is 0 Å². The lowest BCUT2D eigenvalue weighted by molar-refractivity contribution is 0.669. The number of anilines is 6. The number of para-hydroxylation sites is 6. The number of hydrogen-bond acceptors (Lipinski definition) is 3. The molecule has 0 fully saturated rings. The first-order valence-electron chi connectivity index (χ1n) is 21.8. The van der Waals surface area contributed by atoms with Gasteiger partial charge in [-0.1, -0.05) is 149 Å². The maximum Gasteiger partial charge on any atom is 0.159 e. The van der Waals surface area contributed by atoms with Gasteiger partial charge in [0, 0.05) is 49.2 Å². The highest BCUT2D eigenvalue weighted by molar-refractivity contribution is 6.30. The Morgan fingerprint density at radius 2 is 0.871 bits per heavy atom. The quantitative estimate of drug-likeness (QED) is 0.156. The molecule has 10 aromatic carbocycles. The maximum atomic E-state index is 6.78. The zero-order valence-electron chi connectivity index (χ0n) is 35.3. The highest BCUT2D eigenvalue weighted by atomic mass is 16.3. The molecule has 0 bridgehead atoms. The molecule has 0 radical (unpaired) electrons. The molecule has 62 heavy (non-hydrogen) atoms. The molecule has 0 unspecified atom stereocenters. The molecule has 0 spiro atoms. The van der Waals surface area contributed by atoms with Gasteiger partial charge < -0.3 is 19.2 Å². The van der Waals surface area contributed by atoms with E-state index in [-0.39, 0.29) is 11.8 Å². The van der Waals surface area contributed by atoms with Crippen LogP contribution in [-0.2, 0) is 0 Å². The summed E-state index contributed by atoms with van der Waals surface area (Å²) in [6, 6.07) is 66.4. The molecular formula is C58H45N3O. The maximum absolute atomic E-state index is 6.78. The van der Waals surface area contributed by atoms with Gasteiger partial charge in [0.05, 0.1) is 28.3 Å². The van der Waals surface area contributed by atoms with Gasteiger partial charge in [-0.25, -0.2) is 0 Å². The molecule has 0 aliphatic carbocycles. The van der Waals surface area contributed by atoms with Gasteiger partial charge in [-0.05, 0) is 105 Å². The molecule has 0 saturated heterocycles. The van der Waals surface area contributed by atoms with Crippen LogP contribution in [0.5, 0.6) is 0 Å². The molecule has 2 aromatic heterocycles. The van der Waals surface area contributed by atoms with E-state index in [2.05, 4.69) is 218 Å². The summed E-state index contributed by atoms with van der Waals surface area (Å²) in [5, 5.41) is 12.3. The third-order valence-electron chi connectivity index (χ3n) is 13.1. The second kappa shape index (κ2) is 14.0. The Morgan fingerprint density at radius 1 is 0.387 bits per heavy atom. The second-order valence-electron chi connectivity index (χ2n) is 17.3. The Kier molecular flexibility index (Phi) is 8.20. The molecule has 0 saturated carbocycles. The van der Waals surface area contributed by atoms with Gasteiger partial charge in [-0.2, -0.15) is 0 Å². The van der Waals surface area contributed by atoms with Gasteiger partial charge in [0.25, 0.3) is 0 Å². The number of hydrogen-bond donors (Lipinski definition) is 1. The van der Waals surface area contributed by atoms with Crippen LogP contribution in [0.4, 0.5) is 34.1 Å². The van der Waals surface area contributed by atoms with Crippen molar-refractivity contribution in [2.24, 2.45) is 0 Å². The van der Waals surface area contributed by atoms with Crippen LogP contribution >= 0.6 is 0 Å². The van der Waals surface area contributed by atoms with Gasteiger partial charge in [0.15, 0.2) is 5.58 Å². The molecule has 12 rings (SSSR count). The van der Waals surface area contributed by atoms with E-state index >= 15 is 0 Å². The average Bonchev–Trinajstić information content (AvgIpc) is 3.89. The van der Waals surface area contributed by atoms with Crippen LogP contribution in [0, 0.1) is 0 Å². The summed E-state index contributed by atoms with van der Waals surface area (Å²) >= 11 is 0. The lowest BCUT2D eigenvalue weighted by Crippen LogP contribution is -2.13. The minimum absolute atomic E-state index is 0.266. The second-order valence-corrected chi connectivity index (χ2v) is 17.3. The summed E-state index contributed by atoms with van der Waals surface area (Å²) in [7, 11) is 0. The summed E-state index contributed by atoms with van der Waals surface area (Å²) in [4.78, 5) is 8.75. The van der Waals surface area contributed by atoms with E-state index in [0.717, 1.165) is 67.1 Å². The molecular weight excluding hydrogens is 755 g/mol. The normalized spacial score (nSPS) is 12.2. The van der Waals surface area contributed by atoms with Crippen LogP contribution in [0.15, 0.2) is 186 Å². The largest absolute Gasteiger partial charge is 0.454 e. The Hall–Kier alpha value is -7.56. The van der Waals surface area contributed by atoms with Crippen molar-refractivity contribution in [1.29, 1.82) is 0 Å². The van der Waals surface area contributed by atoms with Crippen LogP contribution in [0.25, 0.3) is 76.1 Å². The van der Waals surface area contributed by atoms with Crippen LogP contribution in [0.1, 0.15) is 50.7 Å². The van der Waals surface area contributed by atoms with Gasteiger partial charge in [-0.15, -0.1) is 0 Å². The molecule has 0 aliphatic heterocycles. The number of nitrogens with one attached hydrogen (secondary N) is 1. The monoisotopic (exact) mass is 799 g/mol. The fraction of sp³-hybridized carbons (Fsp3) is 0.103. The van der Waals surface area contributed by atoms with E-state index in [0.29, 0.717) is 0 Å². The van der Waals surface area contributed by atoms with Crippen LogP contribution in [0.3, 0.4) is 0 Å². The SMILES string of the molecule is CC(C)c1cc(N(c2ccccc2)c2cccc3c2[nH]c2ccccc23)c2ccc3c(C(C)C)cc(N(c4ccccc4)c4cccc5c4oc4ccccc45)c4ccc1c2c34. The highest BCUT2D eigenvalue weighted by Gasteiger charge is 2.28. The first-order valence-corrected chi connectivity index (χ1v) is 21.8. The number of fused-ring (bicyclic) bond motifs is 6. The third-order valence-corrected chi connectivity index (χ3v) is 13.1. The first-order chi connectivity index (χ1) is 30.4. The molecule has 4 heteroatoms. The van der Waals surface area contributed by atoms with E-state index < -0.39 is 0 Å². The van der Waals surface area contributed by atoms with E-state index in [1.165, 1.54) is 54.2 Å². The number of nitrogens with zero attached hydrogens (tertiary/aromatic N) is 2. The predicted molar refractivity (Wildman–Crippen MR) is 264 cm³/mol. The summed E-state index contributed by atoms with van der Waals surface area (Å²) < 4.78 is 6.78. The van der Waals surface area contributed by atoms with Gasteiger partial charge in [0.1, 0.15) is 5.58 Å². The summed E-state index contributed by atoms with van der Waals surface area (Å²) in [5.41, 5.74) is 13.3. The zero-order chi connectivity index (χ0) is 41.6. The smallest absolute Gasteiger partial charge is 0.159 e. The number of rotatable bonds is 8. The lowest BCUT2D eigenvalue weighted by Gasteiger charge is -2.31. The Morgan fingerprint density at radius 3 is 1.48 bits per heavy atom. The Labute approximate surface area is 360 Å². The number of aromatic nitrogens is 1. The molecule has 12 aromatic rings. The summed E-state index contributed by atoms with van der Waals surface area (Å²) in [6.45, 7) is 9.31. The van der Waals surface area contributed by atoms with Gasteiger partial charge in [0.2, 0.25) is 0 Å². The topological polar surface area (TPSA) is 35.4 Å². The number of aromatic amines is 1. The van der Waals surface area contributed by atoms with E-state index in [1.54, 1.807) is 0 Å². The van der Waals surface area contributed by atoms with Gasteiger partial charge in [-0.3, -0.25) is 0 Å². The predicted octanol–water partition coefficient (Wildman–Crippen LogP) is 17.3. The van der Waals surface area contributed by atoms with Crippen molar-refractivity contribution < 1.29 is 4.42 Å². The van der Waals surface area contributed by atoms with Crippen molar-refractivity contribution in [3.63, 3.8) is 0 Å². The van der Waals surface area contributed by atoms with Crippen molar-refractivity contribution in [2.45, 2.75) is 39.5 Å². The molecule has 2 heterocycles. The minimum Gasteiger partial charge on any atom is -0.454 e. The number of furan rings is 1. The minimum atomic E-state index is 0.266. The molecule has 298 valence electrons. The van der Waals surface area contributed by atoms with Crippen molar-refractivity contribution >= 4 is 110 Å². The number of H-pyrrole nitrogens is 1. The Balaban J connectivity index is 1.21. The standard InChI is InChI=1S/C58H45N3O/c1-35(2)47-33-52(60(37-17-7-5-8-18-37)50-26-15-23-43-39-21-11-13-25-49(39)59-57(43)50)45-31-29-42-48(36(3)4)34-53(46-32-30-41(47)55(45)56(42)46)61(38-19-9-6-10-20-38)51-27-16-24-44-40-22-12-14-28-54(40)62-58(44)51/h5-36,59H,1-4H3. The van der Waals surface area contributed by atoms with E-state index in [4.69, 9.17) is 4.42 Å². The first kappa shape index (κ1) is 36.3.